The second-order valence-corrected chi connectivity index (χ2v) is 8.69. The third-order valence-corrected chi connectivity index (χ3v) is 4.87. The lowest BCUT2D eigenvalue weighted by Crippen LogP contribution is -2.43. The fourth-order valence-corrected chi connectivity index (χ4v) is 3.27. The average molecular weight is 434 g/mol. The zero-order valence-corrected chi connectivity index (χ0v) is 19.1. The molecule has 31 heavy (non-hydrogen) atoms. The van der Waals surface area contributed by atoms with Crippen LogP contribution in [0.2, 0.25) is 0 Å². The summed E-state index contributed by atoms with van der Waals surface area (Å²) in [6.45, 7) is 9.82. The van der Waals surface area contributed by atoms with Gasteiger partial charge in [0.2, 0.25) is 11.8 Å². The summed E-state index contributed by atoms with van der Waals surface area (Å²) in [4.78, 5) is 40.2. The number of benzene rings is 1. The van der Waals surface area contributed by atoms with Gasteiger partial charge in [0, 0.05) is 32.6 Å². The number of aryl methyl sites for hydroxylation is 1. The number of carbonyl (C=O) groups excluding carboxylic acids is 3. The molecule has 172 valence electrons. The molecule has 1 saturated heterocycles. The van der Waals surface area contributed by atoms with Crippen LogP contribution in [0.1, 0.15) is 45.6 Å². The van der Waals surface area contributed by atoms with Crippen molar-refractivity contribution in [1.29, 1.82) is 0 Å². The van der Waals surface area contributed by atoms with E-state index in [1.807, 2.05) is 36.1 Å². The number of hydrogen-bond donors (Lipinski definition) is 1. The van der Waals surface area contributed by atoms with Gasteiger partial charge < -0.3 is 24.6 Å². The number of nitrogens with zero attached hydrogens (tertiary/aromatic N) is 2. The Morgan fingerprint density at radius 2 is 1.65 bits per heavy atom. The second-order valence-electron chi connectivity index (χ2n) is 8.69. The minimum Gasteiger partial charge on any atom is -0.493 e. The monoisotopic (exact) mass is 433 g/mol. The predicted molar refractivity (Wildman–Crippen MR) is 118 cm³/mol. The van der Waals surface area contributed by atoms with E-state index < -0.39 is 11.7 Å². The summed E-state index contributed by atoms with van der Waals surface area (Å²) in [7, 11) is 0. The summed E-state index contributed by atoms with van der Waals surface area (Å²) < 4.78 is 10.9. The van der Waals surface area contributed by atoms with Crippen LogP contribution in [0.15, 0.2) is 24.3 Å². The van der Waals surface area contributed by atoms with Crippen molar-refractivity contribution in [1.82, 2.24) is 15.1 Å². The molecule has 3 amide bonds. The Balaban J connectivity index is 1.69. The van der Waals surface area contributed by atoms with Gasteiger partial charge in [0.25, 0.3) is 0 Å². The molecule has 0 unspecified atom stereocenters. The summed E-state index contributed by atoms with van der Waals surface area (Å²) in [6, 6.07) is 7.82. The molecule has 0 aliphatic carbocycles. The van der Waals surface area contributed by atoms with Gasteiger partial charge in [0.15, 0.2) is 0 Å². The Kier molecular flexibility index (Phi) is 9.15. The third-order valence-electron chi connectivity index (χ3n) is 4.87. The maximum Gasteiger partial charge on any atom is 0.408 e. The largest absolute Gasteiger partial charge is 0.493 e. The highest BCUT2D eigenvalue weighted by Crippen LogP contribution is 2.16. The van der Waals surface area contributed by atoms with Gasteiger partial charge in [-0.25, -0.2) is 4.79 Å². The Morgan fingerprint density at radius 1 is 1.00 bits per heavy atom. The zero-order chi connectivity index (χ0) is 22.9. The summed E-state index contributed by atoms with van der Waals surface area (Å²) in [5.74, 6) is 0.750. The van der Waals surface area contributed by atoms with Crippen LogP contribution in [0.25, 0.3) is 0 Å². The number of hydrogen-bond acceptors (Lipinski definition) is 5. The first-order valence-electron chi connectivity index (χ1n) is 10.9. The molecule has 1 aromatic rings. The molecule has 1 aliphatic heterocycles. The van der Waals surface area contributed by atoms with E-state index in [-0.39, 0.29) is 18.4 Å². The van der Waals surface area contributed by atoms with E-state index in [4.69, 9.17) is 9.47 Å². The van der Waals surface area contributed by atoms with Gasteiger partial charge in [-0.3, -0.25) is 9.59 Å². The SMILES string of the molecule is Cc1ccccc1OCCCC(=O)N1CCCN(C(=O)CNC(=O)OC(C)(C)C)CC1. The first-order valence-corrected chi connectivity index (χ1v) is 10.9. The quantitative estimate of drug-likeness (QED) is 0.668. The molecule has 0 radical (unpaired) electrons. The standard InChI is InChI=1S/C23H35N3O5/c1-18-9-5-6-10-19(18)30-16-7-11-20(27)25-12-8-13-26(15-14-25)21(28)17-24-22(29)31-23(2,3)4/h5-6,9-10H,7-8,11-17H2,1-4H3,(H,24,29). The number of alkyl carbamates (subject to hydrolysis) is 1. The van der Waals surface area contributed by atoms with Crippen LogP contribution >= 0.6 is 0 Å². The van der Waals surface area contributed by atoms with Crippen molar-refractivity contribution in [3.05, 3.63) is 29.8 Å². The number of nitrogens with one attached hydrogen (secondary N) is 1. The summed E-state index contributed by atoms with van der Waals surface area (Å²) >= 11 is 0. The molecule has 0 spiro atoms. The molecule has 1 aliphatic rings. The molecule has 8 heteroatoms. The highest BCUT2D eigenvalue weighted by atomic mass is 16.6. The maximum atomic E-state index is 12.5. The molecular weight excluding hydrogens is 398 g/mol. The zero-order valence-electron chi connectivity index (χ0n) is 19.1. The lowest BCUT2D eigenvalue weighted by molar-refractivity contribution is -0.133. The van der Waals surface area contributed by atoms with Crippen molar-refractivity contribution >= 4 is 17.9 Å². The summed E-state index contributed by atoms with van der Waals surface area (Å²) in [5.41, 5.74) is 0.467. The molecule has 0 bridgehead atoms. The molecule has 1 fully saturated rings. The van der Waals surface area contributed by atoms with Crippen molar-refractivity contribution in [2.75, 3.05) is 39.3 Å². The van der Waals surface area contributed by atoms with Gasteiger partial charge in [0.1, 0.15) is 17.9 Å². The molecule has 0 saturated carbocycles. The van der Waals surface area contributed by atoms with E-state index >= 15 is 0 Å². The number of ether oxygens (including phenoxy) is 2. The van der Waals surface area contributed by atoms with E-state index in [2.05, 4.69) is 5.32 Å². The molecule has 1 aromatic carbocycles. The van der Waals surface area contributed by atoms with Gasteiger partial charge in [-0.2, -0.15) is 0 Å². The number of carbonyl (C=O) groups is 3. The van der Waals surface area contributed by atoms with Crippen LogP contribution in [0.3, 0.4) is 0 Å². The van der Waals surface area contributed by atoms with Crippen LogP contribution < -0.4 is 10.1 Å². The van der Waals surface area contributed by atoms with E-state index in [1.165, 1.54) is 0 Å². The van der Waals surface area contributed by atoms with Crippen molar-refractivity contribution in [3.8, 4) is 5.75 Å². The molecule has 1 N–H and O–H groups in total. The predicted octanol–water partition coefficient (Wildman–Crippen LogP) is 2.74. The fourth-order valence-electron chi connectivity index (χ4n) is 3.27. The third kappa shape index (κ3) is 8.86. The molecule has 8 nitrogen and oxygen atoms in total. The van der Waals surface area contributed by atoms with Crippen LogP contribution in [0, 0.1) is 6.92 Å². The van der Waals surface area contributed by atoms with Gasteiger partial charge in [-0.05, 0) is 52.2 Å². The Labute approximate surface area is 184 Å². The minimum absolute atomic E-state index is 0.0783. The molecular formula is C23H35N3O5. The van der Waals surface area contributed by atoms with Crippen LogP contribution in [-0.4, -0.2) is 72.6 Å². The smallest absolute Gasteiger partial charge is 0.408 e. The molecule has 2 rings (SSSR count). The lowest BCUT2D eigenvalue weighted by atomic mass is 10.2. The Hall–Kier alpha value is -2.77. The van der Waals surface area contributed by atoms with Crippen molar-refractivity contribution in [3.63, 3.8) is 0 Å². The highest BCUT2D eigenvalue weighted by molar-refractivity contribution is 5.82. The van der Waals surface area contributed by atoms with Crippen molar-refractivity contribution < 1.29 is 23.9 Å². The normalized spacial score (nSPS) is 14.6. The second kappa shape index (κ2) is 11.6. The minimum atomic E-state index is -0.611. The molecule has 0 aromatic heterocycles. The first-order chi connectivity index (χ1) is 14.7. The van der Waals surface area contributed by atoms with Crippen LogP contribution in [0.4, 0.5) is 4.79 Å². The van der Waals surface area contributed by atoms with Gasteiger partial charge in [-0.1, -0.05) is 18.2 Å². The van der Waals surface area contributed by atoms with E-state index in [0.29, 0.717) is 52.0 Å². The van der Waals surface area contributed by atoms with E-state index in [9.17, 15) is 14.4 Å². The number of para-hydroxylation sites is 1. The van der Waals surface area contributed by atoms with Gasteiger partial charge in [-0.15, -0.1) is 0 Å². The molecule has 0 atom stereocenters. The summed E-state index contributed by atoms with van der Waals surface area (Å²) in [6.07, 6.45) is 1.16. The van der Waals surface area contributed by atoms with Crippen molar-refractivity contribution in [2.24, 2.45) is 0 Å². The van der Waals surface area contributed by atoms with Crippen LogP contribution in [-0.2, 0) is 14.3 Å². The van der Waals surface area contributed by atoms with Gasteiger partial charge >= 0.3 is 6.09 Å². The number of rotatable bonds is 7. The fraction of sp³-hybridized carbons (Fsp3) is 0.609. The lowest BCUT2D eigenvalue weighted by Gasteiger charge is -2.23. The van der Waals surface area contributed by atoms with Crippen molar-refractivity contribution in [2.45, 2.75) is 52.6 Å². The van der Waals surface area contributed by atoms with Crippen LogP contribution in [0.5, 0.6) is 5.75 Å². The highest BCUT2D eigenvalue weighted by Gasteiger charge is 2.23. The Bertz CT molecular complexity index is 760. The van der Waals surface area contributed by atoms with E-state index in [1.54, 1.807) is 25.7 Å². The number of amides is 3. The van der Waals surface area contributed by atoms with Gasteiger partial charge in [0.05, 0.1) is 6.61 Å². The first kappa shape index (κ1) is 24.5. The maximum absolute atomic E-state index is 12.5. The summed E-state index contributed by atoms with van der Waals surface area (Å²) in [5, 5.41) is 2.50. The topological polar surface area (TPSA) is 88.2 Å². The van der Waals surface area contributed by atoms with E-state index in [0.717, 1.165) is 11.3 Å². The molecule has 1 heterocycles. The Morgan fingerprint density at radius 3 is 2.29 bits per heavy atom. The average Bonchev–Trinajstić information content (AvgIpc) is 2.95.